The lowest BCUT2D eigenvalue weighted by Crippen LogP contribution is -2.08. The molecule has 1 amide bonds. The molecule has 0 saturated carbocycles. The number of amides is 1. The second-order valence-electron chi connectivity index (χ2n) is 6.49. The maximum absolute atomic E-state index is 12.2. The number of carbonyl (C=O) groups is 1. The van der Waals surface area contributed by atoms with Crippen LogP contribution >= 0.6 is 0 Å². The molecule has 148 valence electrons. The molecule has 2 aromatic heterocycles. The molecular weight excluding hydrogens is 384 g/mol. The van der Waals surface area contributed by atoms with Crippen LogP contribution in [0.2, 0.25) is 0 Å². The fourth-order valence-corrected chi connectivity index (χ4v) is 3.08. The third-order valence-electron chi connectivity index (χ3n) is 4.53. The van der Waals surface area contributed by atoms with Crippen LogP contribution in [0.4, 0.5) is 5.69 Å². The second kappa shape index (κ2) is 7.59. The highest BCUT2D eigenvalue weighted by Crippen LogP contribution is 2.32. The summed E-state index contributed by atoms with van der Waals surface area (Å²) in [5.74, 6) is 1.82. The van der Waals surface area contributed by atoms with E-state index < -0.39 is 0 Å². The molecule has 0 unspecified atom stereocenters. The minimum Gasteiger partial charge on any atom is -0.463 e. The van der Waals surface area contributed by atoms with Crippen LogP contribution in [0.5, 0.6) is 11.5 Å². The van der Waals surface area contributed by atoms with Gasteiger partial charge < -0.3 is 19.2 Å². The Morgan fingerprint density at radius 3 is 2.77 bits per heavy atom. The molecule has 8 heteroatoms. The number of benzene rings is 2. The van der Waals surface area contributed by atoms with Gasteiger partial charge in [-0.3, -0.25) is 4.79 Å². The Hall–Kier alpha value is -4.33. The molecular formula is C22H16N4O4. The number of anilines is 1. The summed E-state index contributed by atoms with van der Waals surface area (Å²) >= 11 is 0. The third kappa shape index (κ3) is 3.53. The van der Waals surface area contributed by atoms with Gasteiger partial charge in [0, 0.05) is 11.8 Å². The van der Waals surface area contributed by atoms with Gasteiger partial charge in [-0.15, -0.1) is 5.10 Å². The van der Waals surface area contributed by atoms with Crippen LogP contribution in [0, 0.1) is 0 Å². The normalized spacial score (nSPS) is 12.4. The van der Waals surface area contributed by atoms with Crippen molar-refractivity contribution in [3.05, 3.63) is 78.7 Å². The number of nitrogens with zero attached hydrogens (tertiary/aromatic N) is 3. The van der Waals surface area contributed by atoms with Crippen LogP contribution in [-0.2, 0) is 4.79 Å². The number of nitrogens with one attached hydrogen (secondary N) is 1. The van der Waals surface area contributed by atoms with Crippen LogP contribution in [0.15, 0.2) is 77.6 Å². The quantitative estimate of drug-likeness (QED) is 0.511. The highest BCUT2D eigenvalue weighted by Gasteiger charge is 2.13. The molecule has 0 fully saturated rings. The summed E-state index contributed by atoms with van der Waals surface area (Å²) in [6, 6.07) is 16.5. The first-order valence-corrected chi connectivity index (χ1v) is 9.20. The molecule has 1 N–H and O–H groups in total. The van der Waals surface area contributed by atoms with Crippen molar-refractivity contribution >= 4 is 17.7 Å². The van der Waals surface area contributed by atoms with Crippen molar-refractivity contribution in [1.29, 1.82) is 0 Å². The van der Waals surface area contributed by atoms with E-state index >= 15 is 0 Å². The molecule has 2 aromatic carbocycles. The molecule has 3 heterocycles. The lowest BCUT2D eigenvalue weighted by Gasteiger charge is -2.06. The molecule has 0 atom stereocenters. The van der Waals surface area contributed by atoms with Gasteiger partial charge in [-0.2, -0.15) is 0 Å². The summed E-state index contributed by atoms with van der Waals surface area (Å²) in [5.41, 5.74) is 3.05. The van der Waals surface area contributed by atoms with E-state index in [1.54, 1.807) is 35.4 Å². The van der Waals surface area contributed by atoms with E-state index in [0.29, 0.717) is 22.9 Å². The van der Waals surface area contributed by atoms with Crippen molar-refractivity contribution in [2.24, 2.45) is 0 Å². The summed E-state index contributed by atoms with van der Waals surface area (Å²) < 4.78 is 17.7. The van der Waals surface area contributed by atoms with Gasteiger partial charge in [0.05, 0.1) is 18.1 Å². The van der Waals surface area contributed by atoms with E-state index in [9.17, 15) is 4.79 Å². The fourth-order valence-electron chi connectivity index (χ4n) is 3.08. The van der Waals surface area contributed by atoms with E-state index in [-0.39, 0.29) is 12.7 Å². The van der Waals surface area contributed by atoms with Gasteiger partial charge >= 0.3 is 0 Å². The van der Waals surface area contributed by atoms with Crippen molar-refractivity contribution in [2.45, 2.75) is 0 Å². The first-order valence-electron chi connectivity index (χ1n) is 9.20. The Kier molecular flexibility index (Phi) is 4.49. The van der Waals surface area contributed by atoms with Crippen LogP contribution in [0.25, 0.3) is 23.2 Å². The predicted molar refractivity (Wildman–Crippen MR) is 109 cm³/mol. The molecule has 8 nitrogen and oxygen atoms in total. The summed E-state index contributed by atoms with van der Waals surface area (Å²) in [4.78, 5) is 12.2. The van der Waals surface area contributed by atoms with E-state index in [0.717, 1.165) is 16.9 Å². The van der Waals surface area contributed by atoms with Gasteiger partial charge in [-0.05, 0) is 60.2 Å². The largest absolute Gasteiger partial charge is 0.463 e. The Labute approximate surface area is 171 Å². The second-order valence-corrected chi connectivity index (χ2v) is 6.49. The summed E-state index contributed by atoms with van der Waals surface area (Å²) in [7, 11) is 0. The number of aromatic nitrogens is 3. The Morgan fingerprint density at radius 1 is 1.07 bits per heavy atom. The number of rotatable bonds is 5. The van der Waals surface area contributed by atoms with Gasteiger partial charge in [0.2, 0.25) is 12.7 Å². The summed E-state index contributed by atoms with van der Waals surface area (Å²) in [5, 5.41) is 10.9. The molecule has 0 spiro atoms. The number of carbonyl (C=O) groups excluding carboxylic acids is 1. The number of furan rings is 1. The molecule has 1 aliphatic heterocycles. The zero-order valence-corrected chi connectivity index (χ0v) is 15.7. The Balaban J connectivity index is 1.26. The van der Waals surface area contributed by atoms with Crippen LogP contribution in [-0.4, -0.2) is 27.7 Å². The van der Waals surface area contributed by atoms with Crippen LogP contribution in [0.3, 0.4) is 0 Å². The van der Waals surface area contributed by atoms with Gasteiger partial charge in [0.25, 0.3) is 0 Å². The van der Waals surface area contributed by atoms with E-state index in [4.69, 9.17) is 13.9 Å². The smallest absolute Gasteiger partial charge is 0.248 e. The zero-order valence-electron chi connectivity index (χ0n) is 15.7. The number of ether oxygens (including phenoxy) is 2. The summed E-state index contributed by atoms with van der Waals surface area (Å²) in [6.07, 6.45) is 6.42. The minimum absolute atomic E-state index is 0.219. The third-order valence-corrected chi connectivity index (χ3v) is 4.53. The highest BCUT2D eigenvalue weighted by molar-refractivity contribution is 6.02. The monoisotopic (exact) mass is 400 g/mol. The number of fused-ring (bicyclic) bond motifs is 1. The van der Waals surface area contributed by atoms with Crippen molar-refractivity contribution in [3.63, 3.8) is 0 Å². The SMILES string of the molecule is O=C(C=Cc1ccc2c(c1)OCO2)Nc1ccc(-n2nncc2-c2ccco2)cc1. The van der Waals surface area contributed by atoms with E-state index in [1.165, 1.54) is 6.08 Å². The highest BCUT2D eigenvalue weighted by atomic mass is 16.7. The lowest BCUT2D eigenvalue weighted by atomic mass is 10.2. The Bertz CT molecular complexity index is 1210. The standard InChI is InChI=1S/C22H16N4O4/c27-22(10-4-15-3-9-20-21(12-15)30-14-29-20)24-16-5-7-17(8-6-16)26-18(13-23-25-26)19-2-1-11-28-19/h1-13H,14H2,(H,24,27). The topological polar surface area (TPSA) is 91.4 Å². The molecule has 0 saturated heterocycles. The molecule has 0 aliphatic carbocycles. The average Bonchev–Trinajstić information content (AvgIpc) is 3.53. The fraction of sp³-hybridized carbons (Fsp3) is 0.0455. The van der Waals surface area contributed by atoms with E-state index in [2.05, 4.69) is 15.6 Å². The maximum atomic E-state index is 12.2. The molecule has 4 aromatic rings. The molecule has 5 rings (SSSR count). The van der Waals surface area contributed by atoms with Crippen molar-refractivity contribution < 1.29 is 18.7 Å². The Morgan fingerprint density at radius 2 is 1.93 bits per heavy atom. The van der Waals surface area contributed by atoms with Gasteiger partial charge in [-0.1, -0.05) is 11.3 Å². The van der Waals surface area contributed by atoms with Crippen molar-refractivity contribution in [2.75, 3.05) is 12.1 Å². The average molecular weight is 400 g/mol. The first kappa shape index (κ1) is 17.7. The van der Waals surface area contributed by atoms with Crippen LogP contribution < -0.4 is 14.8 Å². The predicted octanol–water partition coefficient (Wildman–Crippen LogP) is 3.91. The number of hydrogen-bond donors (Lipinski definition) is 1. The summed E-state index contributed by atoms with van der Waals surface area (Å²) in [6.45, 7) is 0.219. The van der Waals surface area contributed by atoms with E-state index in [1.807, 2.05) is 42.5 Å². The molecule has 0 bridgehead atoms. The van der Waals surface area contributed by atoms with Gasteiger partial charge in [0.1, 0.15) is 5.69 Å². The maximum Gasteiger partial charge on any atom is 0.248 e. The van der Waals surface area contributed by atoms with Crippen molar-refractivity contribution in [3.8, 4) is 28.6 Å². The van der Waals surface area contributed by atoms with Crippen LogP contribution in [0.1, 0.15) is 5.56 Å². The minimum atomic E-state index is -0.238. The molecule has 0 radical (unpaired) electrons. The zero-order chi connectivity index (χ0) is 20.3. The number of hydrogen-bond acceptors (Lipinski definition) is 6. The van der Waals surface area contributed by atoms with Crippen molar-refractivity contribution in [1.82, 2.24) is 15.0 Å². The molecule has 1 aliphatic rings. The van der Waals surface area contributed by atoms with Gasteiger partial charge in [0.15, 0.2) is 17.3 Å². The first-order chi connectivity index (χ1) is 14.8. The molecule has 30 heavy (non-hydrogen) atoms. The lowest BCUT2D eigenvalue weighted by molar-refractivity contribution is -0.111. The van der Waals surface area contributed by atoms with Gasteiger partial charge in [-0.25, -0.2) is 4.68 Å².